The maximum Gasteiger partial charge on any atom is 0.326 e. The van der Waals surface area contributed by atoms with Gasteiger partial charge in [0, 0.05) is 60.7 Å². The van der Waals surface area contributed by atoms with Gasteiger partial charge in [-0.05, 0) is 49.0 Å². The number of thiol groups is 1. The average Bonchev–Trinajstić information content (AvgIpc) is 3.87. The van der Waals surface area contributed by atoms with E-state index in [1.807, 2.05) is 47.6 Å². The first-order valence-corrected chi connectivity index (χ1v) is 24.4. The van der Waals surface area contributed by atoms with Crippen molar-refractivity contribution >= 4 is 59.9 Å². The summed E-state index contributed by atoms with van der Waals surface area (Å²) >= 11 is 4.16. The van der Waals surface area contributed by atoms with E-state index in [-0.39, 0.29) is 79.5 Å². The predicted octanol–water partition coefficient (Wildman–Crippen LogP) is 3.96. The Morgan fingerprint density at radius 2 is 1.54 bits per heavy atom. The van der Waals surface area contributed by atoms with E-state index in [4.69, 9.17) is 9.47 Å². The van der Waals surface area contributed by atoms with E-state index in [2.05, 4.69) is 23.3 Å². The molecule has 17 nitrogen and oxygen atoms in total. The number of carboxylic acid groups (broad SMARTS) is 1. The summed E-state index contributed by atoms with van der Waals surface area (Å²) in [5.74, 6) is -5.10. The van der Waals surface area contributed by atoms with Crippen LogP contribution in [-0.2, 0) is 54.3 Å². The first-order chi connectivity index (χ1) is 31.6. The Hall–Kier alpha value is -4.55. The Morgan fingerprint density at radius 1 is 0.881 bits per heavy atom. The highest BCUT2D eigenvalue weighted by Gasteiger charge is 2.44. The molecule has 2 unspecified atom stereocenters. The third kappa shape index (κ3) is 15.2. The minimum absolute atomic E-state index is 0.0829. The largest absolute Gasteiger partial charge is 0.480 e. The Kier molecular flexibility index (Phi) is 22.8. The van der Waals surface area contributed by atoms with E-state index in [9.17, 15) is 43.5 Å². The van der Waals surface area contributed by atoms with Gasteiger partial charge >= 0.3 is 5.97 Å². The van der Waals surface area contributed by atoms with Crippen LogP contribution in [0.5, 0.6) is 0 Å². The van der Waals surface area contributed by atoms with Gasteiger partial charge in [0.05, 0.1) is 41.9 Å². The van der Waals surface area contributed by atoms with Crippen LogP contribution in [-0.4, -0.2) is 161 Å². The lowest BCUT2D eigenvalue weighted by Gasteiger charge is -2.41. The number of hydrogen-bond acceptors (Lipinski definition) is 11. The van der Waals surface area contributed by atoms with Crippen molar-refractivity contribution in [1.29, 1.82) is 0 Å². The molecule has 3 rings (SSSR count). The number of carbonyl (C=O) groups is 8. The fourth-order valence-electron chi connectivity index (χ4n) is 9.51. The molecule has 3 N–H and O–H groups in total. The highest BCUT2D eigenvalue weighted by atomic mass is 32.1. The van der Waals surface area contributed by atoms with Gasteiger partial charge in [-0.25, -0.2) is 4.79 Å². The molecule has 2 aliphatic heterocycles. The third-order valence-electron chi connectivity index (χ3n) is 13.6. The van der Waals surface area contributed by atoms with Gasteiger partial charge in [-0.3, -0.25) is 38.5 Å². The van der Waals surface area contributed by atoms with Crippen LogP contribution in [0.2, 0.25) is 0 Å². The van der Waals surface area contributed by atoms with E-state index in [1.54, 1.807) is 55.1 Å². The normalized spacial score (nSPS) is 19.9. The van der Waals surface area contributed by atoms with Crippen LogP contribution < -0.4 is 10.6 Å². The van der Waals surface area contributed by atoms with E-state index in [0.717, 1.165) is 5.56 Å². The monoisotopic (exact) mass is 959 g/mol. The summed E-state index contributed by atoms with van der Waals surface area (Å²) in [5.41, 5.74) is 0.762. The van der Waals surface area contributed by atoms with Crippen molar-refractivity contribution in [3.63, 3.8) is 0 Å². The topological polar surface area (TPSA) is 212 Å². The molecule has 0 bridgehead atoms. The molecule has 2 heterocycles. The van der Waals surface area contributed by atoms with Crippen molar-refractivity contribution in [3.05, 3.63) is 35.9 Å². The summed E-state index contributed by atoms with van der Waals surface area (Å²) in [4.78, 5) is 112. The van der Waals surface area contributed by atoms with Crippen LogP contribution in [0.25, 0.3) is 0 Å². The number of likely N-dealkylation sites (tertiary alicyclic amines) is 2. The minimum atomic E-state index is -1.16. The van der Waals surface area contributed by atoms with Gasteiger partial charge < -0.3 is 39.9 Å². The van der Waals surface area contributed by atoms with Gasteiger partial charge in [-0.1, -0.05) is 91.6 Å². The molecular formula is C49H78N6O11S. The summed E-state index contributed by atoms with van der Waals surface area (Å²) in [7, 11) is 6.21. The molecule has 376 valence electrons. The smallest absolute Gasteiger partial charge is 0.326 e. The lowest BCUT2D eigenvalue weighted by Crippen LogP contribution is -2.60. The molecule has 67 heavy (non-hydrogen) atoms. The molecule has 10 atom stereocenters. The number of likely N-dealkylation sites (N-methyl/N-ethyl adjacent to an activating group) is 2. The summed E-state index contributed by atoms with van der Waals surface area (Å²) in [6.45, 7) is 13.7. The van der Waals surface area contributed by atoms with E-state index < -0.39 is 71.4 Å². The Bertz CT molecular complexity index is 1850. The van der Waals surface area contributed by atoms with Crippen molar-refractivity contribution in [3.8, 4) is 0 Å². The molecule has 2 aliphatic rings. The SMILES string of the molecule is CC[C@H](C)[C@@H]([C@@H](CC(=O)N1CCC[C@H]1[C@H](OC)[C@@H](C)C(=O)N[C@@H](Cc1ccccc1)C(=O)O)OC)N(C)C(=O)[C@@H](NC(=O)C(C(C)C)N(C)C(=O)CCCCCN1C(=O)CC(S)C1=O)C(C)C. The Morgan fingerprint density at radius 3 is 2.07 bits per heavy atom. The number of ether oxygens (including phenoxy) is 2. The molecule has 0 spiro atoms. The third-order valence-corrected chi connectivity index (χ3v) is 14.0. The lowest BCUT2D eigenvalue weighted by atomic mass is 9.89. The number of nitrogens with zero attached hydrogens (tertiary/aromatic N) is 4. The number of aliphatic carboxylic acids is 1. The zero-order valence-electron chi connectivity index (χ0n) is 41.6. The number of hydrogen-bond donors (Lipinski definition) is 4. The molecule has 2 fully saturated rings. The first kappa shape index (κ1) is 56.8. The summed E-state index contributed by atoms with van der Waals surface area (Å²) in [5, 5.41) is 15.0. The van der Waals surface area contributed by atoms with Gasteiger partial charge in [0.2, 0.25) is 41.4 Å². The second-order valence-electron chi connectivity index (χ2n) is 19.0. The Labute approximate surface area is 403 Å². The second-order valence-corrected chi connectivity index (χ2v) is 19.6. The van der Waals surface area contributed by atoms with Crippen molar-refractivity contribution < 1.29 is 52.9 Å². The van der Waals surface area contributed by atoms with Crippen LogP contribution in [0, 0.1) is 23.7 Å². The van der Waals surface area contributed by atoms with Crippen LogP contribution in [0.15, 0.2) is 30.3 Å². The van der Waals surface area contributed by atoms with E-state index in [0.29, 0.717) is 45.1 Å². The lowest BCUT2D eigenvalue weighted by molar-refractivity contribution is -0.149. The number of methoxy groups -OCH3 is 2. The van der Waals surface area contributed by atoms with Gasteiger partial charge in [0.1, 0.15) is 18.1 Å². The molecule has 7 amide bonds. The zero-order valence-corrected chi connectivity index (χ0v) is 42.5. The maximum atomic E-state index is 14.6. The molecule has 0 aliphatic carbocycles. The van der Waals surface area contributed by atoms with Gasteiger partial charge in [0.15, 0.2) is 0 Å². The Balaban J connectivity index is 1.71. The van der Waals surface area contributed by atoms with Crippen LogP contribution >= 0.6 is 12.6 Å². The number of benzene rings is 1. The molecule has 0 saturated carbocycles. The predicted molar refractivity (Wildman–Crippen MR) is 257 cm³/mol. The summed E-state index contributed by atoms with van der Waals surface area (Å²) in [6.07, 6.45) is 2.31. The van der Waals surface area contributed by atoms with Crippen LogP contribution in [0.4, 0.5) is 0 Å². The van der Waals surface area contributed by atoms with E-state index in [1.165, 1.54) is 24.0 Å². The fourth-order valence-corrected chi connectivity index (χ4v) is 9.81. The fraction of sp³-hybridized carbons (Fsp3) is 0.714. The van der Waals surface area contributed by atoms with Crippen molar-refractivity contribution in [2.75, 3.05) is 41.4 Å². The number of unbranched alkanes of at least 4 members (excludes halogenated alkanes) is 2. The maximum absolute atomic E-state index is 14.6. The highest BCUT2D eigenvalue weighted by molar-refractivity contribution is 7.81. The van der Waals surface area contributed by atoms with Gasteiger partial charge in [-0.2, -0.15) is 12.6 Å². The number of carboxylic acids is 1. The van der Waals surface area contributed by atoms with Crippen LogP contribution in [0.3, 0.4) is 0 Å². The van der Waals surface area contributed by atoms with Gasteiger partial charge in [-0.15, -0.1) is 0 Å². The average molecular weight is 959 g/mol. The number of imide groups is 1. The molecular weight excluding hydrogens is 881 g/mol. The quantitative estimate of drug-likeness (QED) is 0.0563. The van der Waals surface area contributed by atoms with Crippen molar-refractivity contribution in [2.24, 2.45) is 23.7 Å². The molecule has 0 aromatic heterocycles. The van der Waals surface area contributed by atoms with Crippen LogP contribution in [0.1, 0.15) is 112 Å². The standard InChI is InChI=1S/C49H78N6O11S/c1-12-31(6)43(36(65-10)27-39(57)54-25-19-22-35(54)44(66-11)32(7)45(59)50-34(49(63)64)26-33-20-15-13-16-21-33)53(9)48(62)41(29(2)3)51-46(60)42(30(4)5)52(8)38(56)23-17-14-18-24-55-40(58)28-37(67)47(55)61/h13,15-16,20-21,29-32,34-37,41-44,67H,12,14,17-19,22-28H2,1-11H3,(H,50,59)(H,51,60)(H,63,64)/t31-,32+,34-,35-,36+,37?,41-,42?,43-,44+/m0/s1. The van der Waals surface area contributed by atoms with Crippen molar-refractivity contribution in [2.45, 2.75) is 160 Å². The first-order valence-electron chi connectivity index (χ1n) is 23.9. The number of amides is 7. The molecule has 18 heteroatoms. The summed E-state index contributed by atoms with van der Waals surface area (Å²) in [6, 6.07) is 4.96. The molecule has 1 aromatic carbocycles. The van der Waals surface area contributed by atoms with Crippen molar-refractivity contribution in [1.82, 2.24) is 30.2 Å². The molecule has 2 saturated heterocycles. The van der Waals surface area contributed by atoms with E-state index >= 15 is 0 Å². The zero-order chi connectivity index (χ0) is 50.3. The second kappa shape index (κ2) is 26.9. The molecule has 1 aromatic rings. The number of nitrogens with one attached hydrogen (secondary N) is 2. The minimum Gasteiger partial charge on any atom is -0.480 e. The highest BCUT2D eigenvalue weighted by Crippen LogP contribution is 2.30. The molecule has 0 radical (unpaired) electrons. The van der Waals surface area contributed by atoms with Gasteiger partial charge in [0.25, 0.3) is 0 Å². The summed E-state index contributed by atoms with van der Waals surface area (Å²) < 4.78 is 11.9. The number of rotatable bonds is 27. The number of carbonyl (C=O) groups excluding carboxylic acids is 7.